The second kappa shape index (κ2) is 11.9. The number of aromatic amines is 1. The molecule has 0 saturated carbocycles. The number of benzene rings is 1. The molecule has 0 radical (unpaired) electrons. The molecule has 35 heavy (non-hydrogen) atoms. The molecular weight excluding hydrogens is 462 g/mol. The van der Waals surface area contributed by atoms with Gasteiger partial charge in [0.15, 0.2) is 6.04 Å². The van der Waals surface area contributed by atoms with Gasteiger partial charge in [-0.15, -0.1) is 0 Å². The molecule has 2 rings (SSSR count). The lowest BCUT2D eigenvalue weighted by atomic mass is 10.0. The Hall–Kier alpha value is -3.97. The molecule has 13 heteroatoms. The molecule has 0 aliphatic rings. The second-order valence-corrected chi connectivity index (χ2v) is 8.12. The van der Waals surface area contributed by atoms with Gasteiger partial charge in [-0.05, 0) is 25.5 Å². The highest BCUT2D eigenvalue weighted by atomic mass is 16.4. The van der Waals surface area contributed by atoms with Gasteiger partial charge in [-0.3, -0.25) is 19.2 Å². The Kier molecular flexibility index (Phi) is 9.31. The van der Waals surface area contributed by atoms with E-state index in [2.05, 4.69) is 20.9 Å². The number of hydrogen-bond donors (Lipinski definition) is 8. The quantitative estimate of drug-likeness (QED) is 0.172. The van der Waals surface area contributed by atoms with Crippen molar-refractivity contribution in [2.24, 2.45) is 5.73 Å². The van der Waals surface area contributed by atoms with Gasteiger partial charge in [0.1, 0.15) is 12.1 Å². The fraction of sp³-hybridized carbons (Fsp3) is 0.409. The van der Waals surface area contributed by atoms with Crippen LogP contribution in [0.4, 0.5) is 0 Å². The van der Waals surface area contributed by atoms with E-state index < -0.39 is 66.4 Å². The highest BCUT2D eigenvalue weighted by Gasteiger charge is 2.31. The summed E-state index contributed by atoms with van der Waals surface area (Å²) < 4.78 is 0. The van der Waals surface area contributed by atoms with E-state index in [1.807, 2.05) is 12.1 Å². The molecule has 0 saturated heterocycles. The fourth-order valence-corrected chi connectivity index (χ4v) is 3.34. The number of nitrogens with one attached hydrogen (secondary N) is 4. The largest absolute Gasteiger partial charge is 0.481 e. The van der Waals surface area contributed by atoms with Crippen molar-refractivity contribution in [3.63, 3.8) is 0 Å². The first-order chi connectivity index (χ1) is 16.4. The Morgan fingerprint density at radius 3 is 2.23 bits per heavy atom. The van der Waals surface area contributed by atoms with Gasteiger partial charge in [-0.1, -0.05) is 18.2 Å². The minimum Gasteiger partial charge on any atom is -0.481 e. The number of aliphatic carboxylic acids is 2. The first-order valence-corrected chi connectivity index (χ1v) is 10.7. The van der Waals surface area contributed by atoms with Gasteiger partial charge < -0.3 is 42.0 Å². The maximum atomic E-state index is 13.0. The van der Waals surface area contributed by atoms with Crippen molar-refractivity contribution in [2.45, 2.75) is 57.0 Å². The van der Waals surface area contributed by atoms with E-state index in [0.717, 1.165) is 10.9 Å². The highest BCUT2D eigenvalue weighted by Crippen LogP contribution is 2.19. The molecule has 0 aliphatic heterocycles. The normalized spacial score (nSPS) is 15.3. The van der Waals surface area contributed by atoms with Gasteiger partial charge in [0.05, 0.1) is 18.6 Å². The van der Waals surface area contributed by atoms with Crippen molar-refractivity contribution in [3.8, 4) is 0 Å². The molecule has 1 heterocycles. The molecule has 3 amide bonds. The SMILES string of the molecule is CC(NC(=O)C(N)CC(=O)O)C(=O)NC(Cc1c[nH]c2ccccc12)C(=O)NC(C(=O)O)C(C)O. The van der Waals surface area contributed by atoms with Crippen molar-refractivity contribution >= 4 is 40.6 Å². The number of fused-ring (bicyclic) bond motifs is 1. The second-order valence-electron chi connectivity index (χ2n) is 8.12. The summed E-state index contributed by atoms with van der Waals surface area (Å²) in [4.78, 5) is 62.9. The van der Waals surface area contributed by atoms with E-state index in [1.165, 1.54) is 13.8 Å². The molecule has 9 N–H and O–H groups in total. The summed E-state index contributed by atoms with van der Waals surface area (Å²) in [5.74, 6) is -5.26. The average Bonchev–Trinajstić information content (AvgIpc) is 3.18. The Morgan fingerprint density at radius 2 is 1.63 bits per heavy atom. The lowest BCUT2D eigenvalue weighted by Gasteiger charge is -2.24. The molecule has 0 aliphatic carbocycles. The third-order valence-corrected chi connectivity index (χ3v) is 5.26. The predicted octanol–water partition coefficient (Wildman–Crippen LogP) is -1.55. The van der Waals surface area contributed by atoms with Crippen molar-refractivity contribution in [1.82, 2.24) is 20.9 Å². The zero-order chi connectivity index (χ0) is 26.3. The van der Waals surface area contributed by atoms with Gasteiger partial charge in [0, 0.05) is 23.5 Å². The van der Waals surface area contributed by atoms with E-state index in [4.69, 9.17) is 10.8 Å². The van der Waals surface area contributed by atoms with Crippen LogP contribution in [0.3, 0.4) is 0 Å². The maximum Gasteiger partial charge on any atom is 0.328 e. The number of carboxylic acids is 2. The van der Waals surface area contributed by atoms with Crippen LogP contribution in [0.2, 0.25) is 0 Å². The topological polar surface area (TPSA) is 224 Å². The van der Waals surface area contributed by atoms with E-state index in [1.54, 1.807) is 18.3 Å². The number of carbonyl (C=O) groups is 5. The van der Waals surface area contributed by atoms with Crippen LogP contribution in [-0.4, -0.2) is 80.2 Å². The van der Waals surface area contributed by atoms with Crippen molar-refractivity contribution in [2.75, 3.05) is 0 Å². The predicted molar refractivity (Wildman–Crippen MR) is 123 cm³/mol. The van der Waals surface area contributed by atoms with Crippen molar-refractivity contribution in [1.29, 1.82) is 0 Å². The van der Waals surface area contributed by atoms with E-state index in [9.17, 15) is 34.2 Å². The molecular formula is C22H29N5O8. The van der Waals surface area contributed by atoms with E-state index >= 15 is 0 Å². The van der Waals surface area contributed by atoms with Crippen LogP contribution in [-0.2, 0) is 30.4 Å². The van der Waals surface area contributed by atoms with Crippen LogP contribution < -0.4 is 21.7 Å². The fourth-order valence-electron chi connectivity index (χ4n) is 3.34. The first kappa shape index (κ1) is 27.3. The number of carboxylic acid groups (broad SMARTS) is 2. The maximum absolute atomic E-state index is 13.0. The van der Waals surface area contributed by atoms with E-state index in [0.29, 0.717) is 5.56 Å². The molecule has 1 aromatic heterocycles. The lowest BCUT2D eigenvalue weighted by molar-refractivity contribution is -0.145. The summed E-state index contributed by atoms with van der Waals surface area (Å²) in [5.41, 5.74) is 6.94. The number of amides is 3. The summed E-state index contributed by atoms with van der Waals surface area (Å²) in [7, 11) is 0. The number of rotatable bonds is 12. The summed E-state index contributed by atoms with van der Waals surface area (Å²) >= 11 is 0. The Morgan fingerprint density at radius 1 is 0.971 bits per heavy atom. The lowest BCUT2D eigenvalue weighted by Crippen LogP contribution is -2.58. The summed E-state index contributed by atoms with van der Waals surface area (Å²) in [5, 5.41) is 35.5. The zero-order valence-electron chi connectivity index (χ0n) is 19.1. The van der Waals surface area contributed by atoms with Crippen LogP contribution in [0.25, 0.3) is 10.9 Å². The molecule has 1 aromatic carbocycles. The molecule has 190 valence electrons. The Labute approximate surface area is 200 Å². The molecule has 0 spiro atoms. The number of hydrogen-bond acceptors (Lipinski definition) is 7. The summed E-state index contributed by atoms with van der Waals surface area (Å²) in [6.45, 7) is 2.52. The molecule has 5 unspecified atom stereocenters. The smallest absolute Gasteiger partial charge is 0.328 e. The summed E-state index contributed by atoms with van der Waals surface area (Å²) in [6, 6.07) is 1.78. The van der Waals surface area contributed by atoms with Gasteiger partial charge in [-0.25, -0.2) is 4.79 Å². The number of para-hydroxylation sites is 1. The van der Waals surface area contributed by atoms with Crippen LogP contribution >= 0.6 is 0 Å². The average molecular weight is 492 g/mol. The number of aliphatic hydroxyl groups excluding tert-OH is 1. The number of nitrogens with two attached hydrogens (primary N) is 1. The van der Waals surface area contributed by atoms with Crippen molar-refractivity contribution < 1.29 is 39.3 Å². The van der Waals surface area contributed by atoms with Crippen LogP contribution in [0.5, 0.6) is 0 Å². The highest BCUT2D eigenvalue weighted by molar-refractivity contribution is 5.95. The number of carbonyl (C=O) groups excluding carboxylic acids is 3. The first-order valence-electron chi connectivity index (χ1n) is 10.7. The molecule has 5 atom stereocenters. The van der Waals surface area contributed by atoms with Crippen LogP contribution in [0.15, 0.2) is 30.5 Å². The number of H-pyrrole nitrogens is 1. The Bertz CT molecular complexity index is 1100. The van der Waals surface area contributed by atoms with Crippen LogP contribution in [0, 0.1) is 0 Å². The number of aliphatic hydroxyl groups is 1. The van der Waals surface area contributed by atoms with E-state index in [-0.39, 0.29) is 6.42 Å². The third kappa shape index (κ3) is 7.52. The number of aromatic nitrogens is 1. The molecule has 0 fully saturated rings. The van der Waals surface area contributed by atoms with Crippen molar-refractivity contribution in [3.05, 3.63) is 36.0 Å². The monoisotopic (exact) mass is 491 g/mol. The molecule has 2 aromatic rings. The van der Waals surface area contributed by atoms with Gasteiger partial charge >= 0.3 is 11.9 Å². The minimum absolute atomic E-state index is 0.0348. The summed E-state index contributed by atoms with van der Waals surface area (Å²) in [6.07, 6.45) is -0.430. The van der Waals surface area contributed by atoms with Gasteiger partial charge in [0.2, 0.25) is 17.7 Å². The zero-order valence-corrected chi connectivity index (χ0v) is 19.1. The van der Waals surface area contributed by atoms with Gasteiger partial charge in [-0.2, -0.15) is 0 Å². The minimum atomic E-state index is -1.61. The molecule has 0 bridgehead atoms. The van der Waals surface area contributed by atoms with Crippen LogP contribution in [0.1, 0.15) is 25.8 Å². The third-order valence-electron chi connectivity index (χ3n) is 5.26. The molecule has 13 nitrogen and oxygen atoms in total. The Balaban J connectivity index is 2.21. The van der Waals surface area contributed by atoms with Gasteiger partial charge in [0.25, 0.3) is 0 Å². The standard InChI is InChI=1S/C22H29N5O8/c1-10(25-20(32)14(23)8-17(29)30)19(31)26-16(21(33)27-18(11(2)28)22(34)35)7-12-9-24-15-6-4-3-5-13(12)15/h3-6,9-11,14,16,18,24,28H,7-8,23H2,1-2H3,(H,25,32)(H,26,31)(H,27,33)(H,29,30)(H,34,35).